The molecule has 1 N–H and O–H groups in total. The molecule has 0 unspecified atom stereocenters. The van der Waals surface area contributed by atoms with Gasteiger partial charge in [0, 0.05) is 24.7 Å². The molecule has 0 aromatic heterocycles. The van der Waals surface area contributed by atoms with E-state index in [1.165, 1.54) is 13.8 Å². The monoisotopic (exact) mass is 390 g/mol. The summed E-state index contributed by atoms with van der Waals surface area (Å²) < 4.78 is 5.49. The minimum atomic E-state index is -1.36. The lowest BCUT2D eigenvalue weighted by Gasteiger charge is -2.60. The predicted octanol–water partition coefficient (Wildman–Crippen LogP) is 3.46. The van der Waals surface area contributed by atoms with E-state index in [9.17, 15) is 19.5 Å². The first-order valence-corrected chi connectivity index (χ1v) is 11.0. The van der Waals surface area contributed by atoms with Crippen molar-refractivity contribution in [3.8, 4) is 0 Å². The molecule has 4 saturated carbocycles. The van der Waals surface area contributed by atoms with Gasteiger partial charge in [0.05, 0.1) is 0 Å². The van der Waals surface area contributed by atoms with E-state index in [1.54, 1.807) is 0 Å². The molecule has 5 heteroatoms. The molecule has 0 aliphatic heterocycles. The van der Waals surface area contributed by atoms with Gasteiger partial charge in [-0.25, -0.2) is 0 Å². The van der Waals surface area contributed by atoms with Crippen LogP contribution in [-0.4, -0.2) is 34.3 Å². The highest BCUT2D eigenvalue weighted by molar-refractivity contribution is 5.90. The summed E-state index contributed by atoms with van der Waals surface area (Å²) in [7, 11) is 0. The van der Waals surface area contributed by atoms with E-state index in [2.05, 4.69) is 6.92 Å². The lowest BCUT2D eigenvalue weighted by atomic mass is 9.44. The molecule has 0 amide bonds. The van der Waals surface area contributed by atoms with E-state index < -0.39 is 11.0 Å². The van der Waals surface area contributed by atoms with Crippen LogP contribution in [0.3, 0.4) is 0 Å². The molecule has 156 valence electrons. The molecule has 4 aliphatic carbocycles. The maximum absolute atomic E-state index is 13.5. The van der Waals surface area contributed by atoms with Crippen LogP contribution in [0.1, 0.15) is 79.1 Å². The van der Waals surface area contributed by atoms with Crippen molar-refractivity contribution in [2.75, 3.05) is 0 Å². The average Bonchev–Trinajstić information content (AvgIpc) is 2.86. The number of carbonyl (C=O) groups is 3. The minimum Gasteiger partial charge on any atom is -0.463 e. The summed E-state index contributed by atoms with van der Waals surface area (Å²) in [6, 6.07) is 0. The van der Waals surface area contributed by atoms with Crippen molar-refractivity contribution in [1.82, 2.24) is 0 Å². The van der Waals surface area contributed by atoms with Gasteiger partial charge in [0.2, 0.25) is 0 Å². The van der Waals surface area contributed by atoms with E-state index in [0.717, 1.165) is 38.5 Å². The fourth-order valence-corrected chi connectivity index (χ4v) is 7.96. The van der Waals surface area contributed by atoms with Crippen LogP contribution in [-0.2, 0) is 19.1 Å². The second-order valence-corrected chi connectivity index (χ2v) is 10.5. The molecule has 28 heavy (non-hydrogen) atoms. The third kappa shape index (κ3) is 2.57. The van der Waals surface area contributed by atoms with Crippen LogP contribution < -0.4 is 0 Å². The second kappa shape index (κ2) is 6.38. The fourth-order valence-electron chi connectivity index (χ4n) is 7.96. The smallest absolute Gasteiger partial charge is 0.302 e. The van der Waals surface area contributed by atoms with Crippen LogP contribution >= 0.6 is 0 Å². The lowest BCUT2D eigenvalue weighted by molar-refractivity contribution is -0.181. The Kier molecular flexibility index (Phi) is 4.57. The zero-order chi connectivity index (χ0) is 20.5. The Hall–Kier alpha value is -1.23. The molecule has 4 aliphatic rings. The normalized spacial score (nSPS) is 50.3. The van der Waals surface area contributed by atoms with Gasteiger partial charge < -0.3 is 9.84 Å². The number of hydrogen-bond acceptors (Lipinski definition) is 5. The van der Waals surface area contributed by atoms with Crippen molar-refractivity contribution < 1.29 is 24.2 Å². The largest absolute Gasteiger partial charge is 0.463 e. The van der Waals surface area contributed by atoms with Gasteiger partial charge in [0.1, 0.15) is 17.5 Å². The molecule has 0 aromatic rings. The molecule has 0 radical (unpaired) electrons. The summed E-state index contributed by atoms with van der Waals surface area (Å²) in [5, 5.41) is 11.2. The maximum atomic E-state index is 13.5. The number of rotatable bonds is 2. The van der Waals surface area contributed by atoms with E-state index in [0.29, 0.717) is 18.8 Å². The number of esters is 1. The van der Waals surface area contributed by atoms with Crippen molar-refractivity contribution in [1.29, 1.82) is 0 Å². The van der Waals surface area contributed by atoms with E-state index in [1.807, 2.05) is 6.92 Å². The van der Waals surface area contributed by atoms with E-state index >= 15 is 0 Å². The van der Waals surface area contributed by atoms with E-state index in [4.69, 9.17) is 4.74 Å². The molecular weight excluding hydrogens is 356 g/mol. The Morgan fingerprint density at radius 2 is 1.79 bits per heavy atom. The minimum absolute atomic E-state index is 0.0110. The first-order valence-electron chi connectivity index (χ1n) is 11.0. The summed E-state index contributed by atoms with van der Waals surface area (Å²) in [5.41, 5.74) is -2.05. The third-order valence-electron chi connectivity index (χ3n) is 9.37. The maximum Gasteiger partial charge on any atom is 0.302 e. The van der Waals surface area contributed by atoms with Gasteiger partial charge in [0.15, 0.2) is 5.78 Å². The van der Waals surface area contributed by atoms with Gasteiger partial charge >= 0.3 is 5.97 Å². The average molecular weight is 391 g/mol. The first kappa shape index (κ1) is 20.1. The highest BCUT2D eigenvalue weighted by atomic mass is 16.5. The highest BCUT2D eigenvalue weighted by Crippen LogP contribution is 2.67. The van der Waals surface area contributed by atoms with Gasteiger partial charge in [-0.1, -0.05) is 13.8 Å². The van der Waals surface area contributed by atoms with Gasteiger partial charge in [-0.3, -0.25) is 14.4 Å². The number of hydrogen-bond donors (Lipinski definition) is 1. The highest BCUT2D eigenvalue weighted by Gasteiger charge is 2.68. The molecule has 0 heterocycles. The second-order valence-electron chi connectivity index (χ2n) is 10.5. The van der Waals surface area contributed by atoms with Crippen molar-refractivity contribution in [3.63, 3.8) is 0 Å². The number of fused-ring (bicyclic) bond motifs is 5. The topological polar surface area (TPSA) is 80.7 Å². The lowest BCUT2D eigenvalue weighted by Crippen LogP contribution is -2.61. The standard InChI is InChI=1S/C23H34O5/c1-13(24)23(27)10-8-18-17-6-5-15-11-16(28-14(2)25)7-9-21(15,3)20(17)19(26)12-22(18,23)4/h15-18,20,27H,5-12H2,1-4H3/t15-,16+,17-,18-,20+,21-,22-,23-/m0/s1. The molecule has 0 saturated heterocycles. The van der Waals surface area contributed by atoms with Crippen LogP contribution in [0.25, 0.3) is 0 Å². The van der Waals surface area contributed by atoms with Crippen LogP contribution in [0.4, 0.5) is 0 Å². The van der Waals surface area contributed by atoms with Gasteiger partial charge in [0.25, 0.3) is 0 Å². The van der Waals surface area contributed by atoms with Crippen molar-refractivity contribution in [2.45, 2.75) is 90.8 Å². The van der Waals surface area contributed by atoms with Gasteiger partial charge in [-0.15, -0.1) is 0 Å². The predicted molar refractivity (Wildman–Crippen MR) is 103 cm³/mol. The molecule has 0 bridgehead atoms. The zero-order valence-electron chi connectivity index (χ0n) is 17.6. The Morgan fingerprint density at radius 1 is 1.07 bits per heavy atom. The molecule has 5 nitrogen and oxygen atoms in total. The van der Waals surface area contributed by atoms with Gasteiger partial charge in [-0.05, 0) is 75.0 Å². The summed E-state index contributed by atoms with van der Waals surface area (Å²) >= 11 is 0. The summed E-state index contributed by atoms with van der Waals surface area (Å²) in [4.78, 5) is 37.2. The zero-order valence-corrected chi connectivity index (χ0v) is 17.6. The molecular formula is C23H34O5. The number of Topliss-reactive ketones (excluding diaryl/α,β-unsaturated/α-hetero) is 2. The van der Waals surface area contributed by atoms with Crippen molar-refractivity contribution in [3.05, 3.63) is 0 Å². The Balaban J connectivity index is 1.63. The summed E-state index contributed by atoms with van der Waals surface area (Å²) in [6.07, 6.45) is 6.19. The van der Waals surface area contributed by atoms with Crippen LogP contribution in [0.2, 0.25) is 0 Å². The number of carbonyl (C=O) groups excluding carboxylic acids is 3. The van der Waals surface area contributed by atoms with Crippen LogP contribution in [0.15, 0.2) is 0 Å². The first-order chi connectivity index (χ1) is 13.0. The number of ketones is 2. The third-order valence-corrected chi connectivity index (χ3v) is 9.37. The molecule has 0 spiro atoms. The molecule has 0 aromatic carbocycles. The fraction of sp³-hybridized carbons (Fsp3) is 0.870. The van der Waals surface area contributed by atoms with E-state index in [-0.39, 0.29) is 46.8 Å². The summed E-state index contributed by atoms with van der Waals surface area (Å²) in [6.45, 7) is 7.18. The van der Waals surface area contributed by atoms with Crippen LogP contribution in [0.5, 0.6) is 0 Å². The summed E-state index contributed by atoms with van der Waals surface area (Å²) in [5.74, 6) is 0.722. The molecule has 4 fully saturated rings. The van der Waals surface area contributed by atoms with Crippen molar-refractivity contribution >= 4 is 17.5 Å². The number of aliphatic hydroxyl groups is 1. The Labute approximate surface area is 167 Å². The quantitative estimate of drug-likeness (QED) is 0.730. The number of ether oxygens (including phenoxy) is 1. The molecule has 8 atom stereocenters. The SMILES string of the molecule is CC(=O)O[C@@H]1CC[C@@]2(C)[C@@H](CC[C@@H]3[C@@H]2C(=O)C[C@@]2(C)[C@H]3CC[C@]2(O)C(C)=O)C1. The van der Waals surface area contributed by atoms with Crippen molar-refractivity contribution in [2.24, 2.45) is 34.5 Å². The van der Waals surface area contributed by atoms with Gasteiger partial charge in [-0.2, -0.15) is 0 Å². The molecule has 4 rings (SSSR count). The Bertz CT molecular complexity index is 716. The Morgan fingerprint density at radius 3 is 2.43 bits per heavy atom. The van der Waals surface area contributed by atoms with Crippen LogP contribution in [0, 0.1) is 34.5 Å².